The topological polar surface area (TPSA) is 93.5 Å². The van der Waals surface area contributed by atoms with Gasteiger partial charge in [-0.2, -0.15) is 4.31 Å². The molecule has 8 nitrogen and oxygen atoms in total. The SMILES string of the molecule is CCN(CC)S(=O)(=O)c1ccc2c(c1)nc(SC(C)C(=O)Nc1cccc(OC)c1)n2CC. The van der Waals surface area contributed by atoms with Crippen LogP contribution in [-0.4, -0.2) is 53.6 Å². The molecule has 1 N–H and O–H groups in total. The highest BCUT2D eigenvalue weighted by molar-refractivity contribution is 8.00. The van der Waals surface area contributed by atoms with Crippen LogP contribution in [0.15, 0.2) is 52.5 Å². The van der Waals surface area contributed by atoms with Crippen LogP contribution in [-0.2, 0) is 21.4 Å². The van der Waals surface area contributed by atoms with Crippen molar-refractivity contribution in [3.63, 3.8) is 0 Å². The molecule has 0 aliphatic heterocycles. The number of hydrogen-bond donors (Lipinski definition) is 1. The molecule has 0 radical (unpaired) electrons. The Morgan fingerprint density at radius 2 is 1.91 bits per heavy atom. The molecule has 0 aliphatic carbocycles. The summed E-state index contributed by atoms with van der Waals surface area (Å²) in [6.07, 6.45) is 0. The molecular weight excluding hydrogens is 460 g/mol. The number of amides is 1. The third-order valence-electron chi connectivity index (χ3n) is 5.33. The van der Waals surface area contributed by atoms with E-state index in [0.717, 1.165) is 5.52 Å². The molecule has 3 aromatic rings. The van der Waals surface area contributed by atoms with Crippen LogP contribution in [0.25, 0.3) is 11.0 Å². The lowest BCUT2D eigenvalue weighted by atomic mass is 10.3. The molecule has 178 valence electrons. The van der Waals surface area contributed by atoms with E-state index in [2.05, 4.69) is 10.3 Å². The maximum Gasteiger partial charge on any atom is 0.243 e. The van der Waals surface area contributed by atoms with Crippen molar-refractivity contribution in [3.8, 4) is 5.75 Å². The minimum atomic E-state index is -3.58. The van der Waals surface area contributed by atoms with Crippen molar-refractivity contribution in [2.24, 2.45) is 0 Å². The molecule has 1 heterocycles. The monoisotopic (exact) mass is 490 g/mol. The normalized spacial score (nSPS) is 12.8. The van der Waals surface area contributed by atoms with Crippen LogP contribution in [0, 0.1) is 0 Å². The van der Waals surface area contributed by atoms with Gasteiger partial charge in [0, 0.05) is 31.4 Å². The van der Waals surface area contributed by atoms with Gasteiger partial charge < -0.3 is 14.6 Å². The number of hydrogen-bond acceptors (Lipinski definition) is 6. The van der Waals surface area contributed by atoms with Crippen molar-refractivity contribution in [1.29, 1.82) is 0 Å². The lowest BCUT2D eigenvalue weighted by Gasteiger charge is -2.18. The first-order valence-electron chi connectivity index (χ1n) is 10.9. The Hall–Kier alpha value is -2.56. The number of sulfonamides is 1. The molecule has 0 saturated carbocycles. The fraction of sp³-hybridized carbons (Fsp3) is 0.391. The molecule has 0 saturated heterocycles. The highest BCUT2D eigenvalue weighted by atomic mass is 32.2. The first-order valence-corrected chi connectivity index (χ1v) is 13.2. The maximum atomic E-state index is 12.9. The minimum absolute atomic E-state index is 0.159. The Balaban J connectivity index is 1.86. The second-order valence-electron chi connectivity index (χ2n) is 7.36. The highest BCUT2D eigenvalue weighted by Crippen LogP contribution is 2.30. The number of anilines is 1. The molecule has 0 aliphatic rings. The lowest BCUT2D eigenvalue weighted by molar-refractivity contribution is -0.115. The largest absolute Gasteiger partial charge is 0.497 e. The first-order chi connectivity index (χ1) is 15.7. The van der Waals surface area contributed by atoms with Crippen LogP contribution in [0.2, 0.25) is 0 Å². The van der Waals surface area contributed by atoms with Crippen LogP contribution in [0.4, 0.5) is 5.69 Å². The lowest BCUT2D eigenvalue weighted by Crippen LogP contribution is -2.30. The maximum absolute atomic E-state index is 12.9. The van der Waals surface area contributed by atoms with Crippen molar-refractivity contribution >= 4 is 44.4 Å². The number of carbonyl (C=O) groups is 1. The Morgan fingerprint density at radius 3 is 2.55 bits per heavy atom. The molecule has 33 heavy (non-hydrogen) atoms. The summed E-state index contributed by atoms with van der Waals surface area (Å²) in [6, 6.07) is 12.2. The number of nitrogens with one attached hydrogen (secondary N) is 1. The Kier molecular flexibility index (Phi) is 8.04. The molecule has 3 rings (SSSR count). The first kappa shape index (κ1) is 25.1. The van der Waals surface area contributed by atoms with Gasteiger partial charge in [0.1, 0.15) is 5.75 Å². The van der Waals surface area contributed by atoms with Gasteiger partial charge in [-0.15, -0.1) is 0 Å². The summed E-state index contributed by atoms with van der Waals surface area (Å²) in [4.78, 5) is 17.7. The predicted octanol–water partition coefficient (Wildman–Crippen LogP) is 4.21. The Morgan fingerprint density at radius 1 is 1.18 bits per heavy atom. The van der Waals surface area contributed by atoms with Crippen LogP contribution in [0.3, 0.4) is 0 Å². The number of nitrogens with zero attached hydrogens (tertiary/aromatic N) is 3. The number of carbonyl (C=O) groups excluding carboxylic acids is 1. The van der Waals surface area contributed by atoms with Gasteiger partial charge in [0.15, 0.2) is 5.16 Å². The summed E-state index contributed by atoms with van der Waals surface area (Å²) >= 11 is 1.34. The van der Waals surface area contributed by atoms with Gasteiger partial charge in [-0.3, -0.25) is 4.79 Å². The van der Waals surface area contributed by atoms with Crippen molar-refractivity contribution in [3.05, 3.63) is 42.5 Å². The van der Waals surface area contributed by atoms with Crippen molar-refractivity contribution < 1.29 is 17.9 Å². The fourth-order valence-corrected chi connectivity index (χ4v) is 5.98. The number of imidazole rings is 1. The number of rotatable bonds is 10. The number of benzene rings is 2. The van der Waals surface area contributed by atoms with Gasteiger partial charge in [0.25, 0.3) is 0 Å². The van der Waals surface area contributed by atoms with Crippen molar-refractivity contribution in [1.82, 2.24) is 13.9 Å². The molecule has 0 fully saturated rings. The molecule has 1 unspecified atom stereocenters. The van der Waals surface area contributed by atoms with Gasteiger partial charge in [-0.05, 0) is 44.2 Å². The Labute approximate surface area is 199 Å². The van der Waals surface area contributed by atoms with Crippen LogP contribution < -0.4 is 10.1 Å². The average Bonchev–Trinajstić information content (AvgIpc) is 3.15. The molecule has 1 amide bonds. The zero-order valence-corrected chi connectivity index (χ0v) is 21.2. The van der Waals surface area contributed by atoms with E-state index in [4.69, 9.17) is 4.74 Å². The number of aromatic nitrogens is 2. The van der Waals surface area contributed by atoms with Gasteiger partial charge in [-0.25, -0.2) is 13.4 Å². The number of aryl methyl sites for hydroxylation is 1. The van der Waals surface area contributed by atoms with E-state index >= 15 is 0 Å². The quantitative estimate of drug-likeness (QED) is 0.428. The highest BCUT2D eigenvalue weighted by Gasteiger charge is 2.24. The van der Waals surface area contributed by atoms with E-state index in [1.54, 1.807) is 37.4 Å². The van der Waals surface area contributed by atoms with E-state index in [1.165, 1.54) is 16.1 Å². The van der Waals surface area contributed by atoms with Crippen LogP contribution in [0.1, 0.15) is 27.7 Å². The van der Waals surface area contributed by atoms with E-state index in [-0.39, 0.29) is 10.8 Å². The third-order valence-corrected chi connectivity index (χ3v) is 8.47. The zero-order valence-electron chi connectivity index (χ0n) is 19.5. The standard InChI is InChI=1S/C23H30N4O4S2/c1-6-26(7-2)33(29,30)19-12-13-21-20(15-19)25-23(27(21)8-3)32-16(4)22(28)24-17-10-9-11-18(14-17)31-5/h9-16H,6-8H2,1-5H3,(H,24,28). The number of fused-ring (bicyclic) bond motifs is 1. The average molecular weight is 491 g/mol. The summed E-state index contributed by atoms with van der Waals surface area (Å²) in [5.74, 6) is 0.504. The summed E-state index contributed by atoms with van der Waals surface area (Å²) in [6.45, 7) is 8.90. The van der Waals surface area contributed by atoms with E-state index in [0.29, 0.717) is 41.7 Å². The fourth-order valence-electron chi connectivity index (χ4n) is 3.51. The van der Waals surface area contributed by atoms with E-state index in [9.17, 15) is 13.2 Å². The summed E-state index contributed by atoms with van der Waals surface area (Å²) in [5, 5.41) is 3.15. The van der Waals surface area contributed by atoms with Gasteiger partial charge in [0.05, 0.1) is 28.3 Å². The second kappa shape index (κ2) is 10.6. The van der Waals surface area contributed by atoms with Gasteiger partial charge >= 0.3 is 0 Å². The molecular formula is C23H30N4O4S2. The number of methoxy groups -OCH3 is 1. The summed E-state index contributed by atoms with van der Waals surface area (Å²) in [5.41, 5.74) is 2.08. The smallest absolute Gasteiger partial charge is 0.243 e. The van der Waals surface area contributed by atoms with Gasteiger partial charge in [-0.1, -0.05) is 31.7 Å². The van der Waals surface area contributed by atoms with E-state index < -0.39 is 15.3 Å². The van der Waals surface area contributed by atoms with Crippen molar-refractivity contribution in [2.45, 2.75) is 49.5 Å². The minimum Gasteiger partial charge on any atom is -0.497 e. The molecule has 2 aromatic carbocycles. The summed E-state index contributed by atoms with van der Waals surface area (Å²) in [7, 11) is -2.00. The van der Waals surface area contributed by atoms with Crippen molar-refractivity contribution in [2.75, 3.05) is 25.5 Å². The Bertz CT molecular complexity index is 1240. The van der Waals surface area contributed by atoms with E-state index in [1.807, 2.05) is 44.4 Å². The third kappa shape index (κ3) is 5.34. The second-order valence-corrected chi connectivity index (χ2v) is 10.6. The van der Waals surface area contributed by atoms with Crippen LogP contribution >= 0.6 is 11.8 Å². The summed E-state index contributed by atoms with van der Waals surface area (Å²) < 4.78 is 34.4. The van der Waals surface area contributed by atoms with Crippen LogP contribution in [0.5, 0.6) is 5.75 Å². The molecule has 0 bridgehead atoms. The molecule has 1 aromatic heterocycles. The molecule has 10 heteroatoms. The zero-order chi connectivity index (χ0) is 24.2. The predicted molar refractivity (Wildman–Crippen MR) is 132 cm³/mol. The molecule has 1 atom stereocenters. The number of thioether (sulfide) groups is 1. The molecule has 0 spiro atoms. The number of ether oxygens (including phenoxy) is 1. The van der Waals surface area contributed by atoms with Gasteiger partial charge in [0.2, 0.25) is 15.9 Å².